The fraction of sp³-hybridized carbons (Fsp3) is 0.0909. The molecule has 4 nitrogen and oxygen atoms in total. The topological polar surface area (TPSA) is 61.0 Å². The second kappa shape index (κ2) is 3.98. The molecule has 0 spiro atoms. The molecule has 2 N–H and O–H groups in total. The summed E-state index contributed by atoms with van der Waals surface area (Å²) in [6.45, 7) is 3.77. The van der Waals surface area contributed by atoms with E-state index in [0.29, 0.717) is 16.4 Å². The number of rotatable bonds is 2. The molecule has 0 radical (unpaired) electrons. The number of methoxy groups -OCH3 is 1. The minimum Gasteiger partial charge on any atom is -0.497 e. The minimum absolute atomic E-state index is 0.151. The van der Waals surface area contributed by atoms with Crippen LogP contribution in [-0.4, -0.2) is 17.1 Å². The number of ether oxygens (including phenoxy) is 1. The Balaban J connectivity index is 2.66. The molecule has 0 bridgehead atoms. The van der Waals surface area contributed by atoms with Gasteiger partial charge in [0.25, 0.3) is 0 Å². The van der Waals surface area contributed by atoms with Gasteiger partial charge in [-0.1, -0.05) is 24.2 Å². The van der Waals surface area contributed by atoms with Crippen molar-refractivity contribution in [2.45, 2.75) is 0 Å². The third-order valence-corrected chi connectivity index (χ3v) is 2.52. The number of hydrogen-bond acceptors (Lipinski definition) is 4. The Labute approximate surface area is 97.7 Å². The Morgan fingerprint density at radius 1 is 1.44 bits per heavy atom. The second-order valence-electron chi connectivity index (χ2n) is 3.23. The van der Waals surface area contributed by atoms with Crippen molar-refractivity contribution in [3.8, 4) is 0 Å². The van der Waals surface area contributed by atoms with E-state index in [1.54, 1.807) is 7.11 Å². The summed E-state index contributed by atoms with van der Waals surface area (Å²) in [5.74, 6) is 0.716. The third-order valence-electron chi connectivity index (χ3n) is 2.24. The summed E-state index contributed by atoms with van der Waals surface area (Å²) in [6, 6.07) is 5.47. The predicted molar refractivity (Wildman–Crippen MR) is 65.0 cm³/mol. The van der Waals surface area contributed by atoms with Crippen molar-refractivity contribution in [2.24, 2.45) is 0 Å². The van der Waals surface area contributed by atoms with E-state index in [1.807, 2.05) is 18.2 Å². The van der Waals surface area contributed by atoms with Crippen LogP contribution in [0.25, 0.3) is 16.7 Å². The van der Waals surface area contributed by atoms with E-state index in [2.05, 4.69) is 16.5 Å². The molecule has 1 heterocycles. The van der Waals surface area contributed by atoms with Gasteiger partial charge >= 0.3 is 0 Å². The molecule has 16 heavy (non-hydrogen) atoms. The summed E-state index contributed by atoms with van der Waals surface area (Å²) in [5, 5.41) is 1.10. The number of nitrogen functional groups attached to an aromatic ring is 1. The van der Waals surface area contributed by atoms with Gasteiger partial charge < -0.3 is 10.5 Å². The van der Waals surface area contributed by atoms with E-state index >= 15 is 0 Å². The first kappa shape index (κ1) is 10.7. The SMILES string of the molecule is C=C(OC)c1ccc2c(Cl)nc(N)nc2c1. The van der Waals surface area contributed by atoms with Gasteiger partial charge in [-0.2, -0.15) is 0 Å². The summed E-state index contributed by atoms with van der Waals surface area (Å²) >= 11 is 5.94. The highest BCUT2D eigenvalue weighted by Crippen LogP contribution is 2.24. The zero-order valence-corrected chi connectivity index (χ0v) is 9.45. The van der Waals surface area contributed by atoms with E-state index in [0.717, 1.165) is 10.9 Å². The largest absolute Gasteiger partial charge is 0.497 e. The molecule has 0 aliphatic carbocycles. The molecule has 0 atom stereocenters. The van der Waals surface area contributed by atoms with Crippen LogP contribution in [0.3, 0.4) is 0 Å². The van der Waals surface area contributed by atoms with Gasteiger partial charge in [0.2, 0.25) is 5.95 Å². The van der Waals surface area contributed by atoms with Crippen molar-refractivity contribution in [3.63, 3.8) is 0 Å². The lowest BCUT2D eigenvalue weighted by Crippen LogP contribution is -1.96. The zero-order chi connectivity index (χ0) is 11.7. The van der Waals surface area contributed by atoms with Crippen molar-refractivity contribution < 1.29 is 4.74 Å². The number of hydrogen-bond donors (Lipinski definition) is 1. The summed E-state index contributed by atoms with van der Waals surface area (Å²) in [4.78, 5) is 7.97. The lowest BCUT2D eigenvalue weighted by atomic mass is 10.1. The standard InChI is InChI=1S/C11H10ClN3O/c1-6(16-2)7-3-4-8-9(5-7)14-11(13)15-10(8)12/h3-5H,1H2,2H3,(H2,13,14,15). The zero-order valence-electron chi connectivity index (χ0n) is 8.70. The van der Waals surface area contributed by atoms with Crippen molar-refractivity contribution in [2.75, 3.05) is 12.8 Å². The summed E-state index contributed by atoms with van der Waals surface area (Å²) in [5.41, 5.74) is 7.03. The molecule has 82 valence electrons. The molecule has 0 aliphatic rings. The Kier molecular flexibility index (Phi) is 2.66. The molecule has 2 aromatic rings. The van der Waals surface area contributed by atoms with Gasteiger partial charge in [-0.15, -0.1) is 0 Å². The third kappa shape index (κ3) is 1.79. The molecule has 0 saturated carbocycles. The van der Waals surface area contributed by atoms with Crippen LogP contribution < -0.4 is 5.73 Å². The normalized spacial score (nSPS) is 10.4. The van der Waals surface area contributed by atoms with E-state index in [4.69, 9.17) is 22.1 Å². The maximum Gasteiger partial charge on any atom is 0.222 e. The number of halogens is 1. The number of nitrogens with zero attached hydrogens (tertiary/aromatic N) is 2. The number of aromatic nitrogens is 2. The molecule has 0 amide bonds. The maximum absolute atomic E-state index is 5.94. The molecule has 0 unspecified atom stereocenters. The monoisotopic (exact) mass is 235 g/mol. The van der Waals surface area contributed by atoms with Crippen LogP contribution in [0.5, 0.6) is 0 Å². The van der Waals surface area contributed by atoms with Crippen LogP contribution in [0.15, 0.2) is 24.8 Å². The van der Waals surface area contributed by atoms with Crippen LogP contribution in [0.1, 0.15) is 5.56 Å². The maximum atomic E-state index is 5.94. The van der Waals surface area contributed by atoms with Crippen molar-refractivity contribution in [3.05, 3.63) is 35.5 Å². The summed E-state index contributed by atoms with van der Waals surface area (Å²) in [6.07, 6.45) is 0. The second-order valence-corrected chi connectivity index (χ2v) is 3.59. The predicted octanol–water partition coefficient (Wildman–Crippen LogP) is 2.48. The molecule has 5 heteroatoms. The van der Waals surface area contributed by atoms with Gasteiger partial charge in [0.05, 0.1) is 12.6 Å². The van der Waals surface area contributed by atoms with Crippen LogP contribution in [-0.2, 0) is 4.74 Å². The Morgan fingerprint density at radius 2 is 2.19 bits per heavy atom. The van der Waals surface area contributed by atoms with Crippen LogP contribution in [0, 0.1) is 0 Å². The summed E-state index contributed by atoms with van der Waals surface area (Å²) < 4.78 is 5.04. The summed E-state index contributed by atoms with van der Waals surface area (Å²) in [7, 11) is 1.56. The highest BCUT2D eigenvalue weighted by Gasteiger charge is 2.06. The fourth-order valence-corrected chi connectivity index (χ4v) is 1.65. The lowest BCUT2D eigenvalue weighted by molar-refractivity contribution is 0.371. The molecule has 0 aliphatic heterocycles. The smallest absolute Gasteiger partial charge is 0.222 e. The molecule has 2 rings (SSSR count). The quantitative estimate of drug-likeness (QED) is 0.642. The highest BCUT2D eigenvalue weighted by molar-refractivity contribution is 6.34. The van der Waals surface area contributed by atoms with E-state index in [-0.39, 0.29) is 5.95 Å². The Hall–Kier alpha value is -1.81. The van der Waals surface area contributed by atoms with Crippen LogP contribution in [0.2, 0.25) is 5.15 Å². The van der Waals surface area contributed by atoms with Gasteiger partial charge in [-0.3, -0.25) is 0 Å². The molecule has 1 aromatic heterocycles. The molecule has 1 aromatic carbocycles. The fourth-order valence-electron chi connectivity index (χ4n) is 1.40. The number of anilines is 1. The van der Waals surface area contributed by atoms with Gasteiger partial charge in [-0.05, 0) is 12.1 Å². The van der Waals surface area contributed by atoms with E-state index < -0.39 is 0 Å². The van der Waals surface area contributed by atoms with Crippen LogP contribution in [0.4, 0.5) is 5.95 Å². The number of benzene rings is 1. The van der Waals surface area contributed by atoms with Gasteiger partial charge in [0.1, 0.15) is 10.9 Å². The highest BCUT2D eigenvalue weighted by atomic mass is 35.5. The van der Waals surface area contributed by atoms with Crippen LogP contribution >= 0.6 is 11.6 Å². The Morgan fingerprint density at radius 3 is 2.88 bits per heavy atom. The molecule has 0 fully saturated rings. The first-order valence-electron chi connectivity index (χ1n) is 4.58. The number of nitrogens with two attached hydrogens (primary N) is 1. The van der Waals surface area contributed by atoms with Crippen molar-refractivity contribution in [1.29, 1.82) is 0 Å². The average molecular weight is 236 g/mol. The Bertz CT molecular complexity index is 568. The van der Waals surface area contributed by atoms with Crippen molar-refractivity contribution in [1.82, 2.24) is 9.97 Å². The van der Waals surface area contributed by atoms with Gasteiger partial charge in [-0.25, -0.2) is 9.97 Å². The first-order valence-corrected chi connectivity index (χ1v) is 4.95. The van der Waals surface area contributed by atoms with Gasteiger partial charge in [0, 0.05) is 10.9 Å². The minimum atomic E-state index is 0.151. The molecular weight excluding hydrogens is 226 g/mol. The lowest BCUT2D eigenvalue weighted by Gasteiger charge is -2.06. The molecular formula is C11H10ClN3O. The average Bonchev–Trinajstić information content (AvgIpc) is 2.27. The first-order chi connectivity index (χ1) is 7.61. The van der Waals surface area contributed by atoms with Crippen molar-refractivity contribution >= 4 is 34.2 Å². The van der Waals surface area contributed by atoms with E-state index in [9.17, 15) is 0 Å². The number of fused-ring (bicyclic) bond motifs is 1. The molecule has 0 saturated heterocycles. The van der Waals surface area contributed by atoms with Gasteiger partial charge in [0.15, 0.2) is 0 Å². The van der Waals surface area contributed by atoms with E-state index in [1.165, 1.54) is 0 Å².